The molecule has 0 aliphatic heterocycles. The molecule has 0 atom stereocenters. The molecule has 31 heavy (non-hydrogen) atoms. The van der Waals surface area contributed by atoms with E-state index in [1.165, 1.54) is 16.7 Å². The number of fused-ring (bicyclic) bond motifs is 1. The second kappa shape index (κ2) is 8.60. The zero-order valence-electron chi connectivity index (χ0n) is 16.8. The normalized spacial score (nSPS) is 13.2. The van der Waals surface area contributed by atoms with E-state index in [4.69, 9.17) is 9.84 Å². The summed E-state index contributed by atoms with van der Waals surface area (Å²) in [6, 6.07) is 13.2. The van der Waals surface area contributed by atoms with Gasteiger partial charge in [-0.2, -0.15) is 5.26 Å². The molecule has 3 aromatic rings. The Bertz CT molecular complexity index is 1250. The molecule has 6 nitrogen and oxygen atoms in total. The molecule has 7 heteroatoms. The van der Waals surface area contributed by atoms with Gasteiger partial charge in [0.1, 0.15) is 23.3 Å². The van der Waals surface area contributed by atoms with Gasteiger partial charge in [-0.15, -0.1) is 0 Å². The molecule has 0 saturated heterocycles. The average Bonchev–Trinajstić information content (AvgIpc) is 3.58. The van der Waals surface area contributed by atoms with Crippen LogP contribution < -0.4 is 10.3 Å². The molecule has 1 aromatic heterocycles. The van der Waals surface area contributed by atoms with Gasteiger partial charge in [-0.05, 0) is 61.6 Å². The van der Waals surface area contributed by atoms with Crippen molar-refractivity contribution in [2.45, 2.75) is 38.1 Å². The van der Waals surface area contributed by atoms with E-state index in [2.05, 4.69) is 6.07 Å². The minimum atomic E-state index is -0.846. The number of halogens is 1. The second-order valence-corrected chi connectivity index (χ2v) is 7.66. The fourth-order valence-corrected chi connectivity index (χ4v) is 3.78. The lowest BCUT2D eigenvalue weighted by Crippen LogP contribution is -2.23. The Kier molecular flexibility index (Phi) is 5.72. The smallest absolute Gasteiger partial charge is 0.303 e. The molecule has 158 valence electrons. The molecule has 1 saturated carbocycles. The van der Waals surface area contributed by atoms with Crippen molar-refractivity contribution < 1.29 is 19.0 Å². The highest BCUT2D eigenvalue weighted by Gasteiger charge is 2.30. The minimum Gasteiger partial charge on any atom is -0.494 e. The van der Waals surface area contributed by atoms with Crippen LogP contribution in [0.1, 0.15) is 43.8 Å². The standard InChI is InChI=1S/C24H21FN2O4/c25-16-5-3-4-15(12-16)23-20-13-18(31-11-2-1-6-22(28)29)9-10-19(20)24(30)27(17-7-8-17)21(23)14-26/h3-5,9-10,12-13,17H,1-2,6-8,11H2,(H,28,29). The van der Waals surface area contributed by atoms with E-state index in [9.17, 15) is 19.2 Å². The van der Waals surface area contributed by atoms with E-state index in [1.807, 2.05) is 0 Å². The summed E-state index contributed by atoms with van der Waals surface area (Å²) < 4.78 is 21.3. The highest BCUT2D eigenvalue weighted by atomic mass is 19.1. The Morgan fingerprint density at radius 2 is 2.00 bits per heavy atom. The molecular formula is C24H21FN2O4. The molecule has 1 aliphatic rings. The Labute approximate surface area is 178 Å². The third kappa shape index (κ3) is 4.29. The Morgan fingerprint density at radius 3 is 2.68 bits per heavy atom. The maximum Gasteiger partial charge on any atom is 0.303 e. The zero-order chi connectivity index (χ0) is 22.0. The van der Waals surface area contributed by atoms with Crippen LogP contribution in [0, 0.1) is 17.1 Å². The third-order valence-corrected chi connectivity index (χ3v) is 5.37. The molecule has 2 aromatic carbocycles. The van der Waals surface area contributed by atoms with Crippen molar-refractivity contribution in [1.29, 1.82) is 5.26 Å². The van der Waals surface area contributed by atoms with Crippen LogP contribution in [0.3, 0.4) is 0 Å². The number of benzene rings is 2. The highest BCUT2D eigenvalue weighted by Crippen LogP contribution is 2.39. The van der Waals surface area contributed by atoms with Crippen molar-refractivity contribution in [2.24, 2.45) is 0 Å². The van der Waals surface area contributed by atoms with Gasteiger partial charge in [-0.3, -0.25) is 14.2 Å². The number of aliphatic carboxylic acids is 1. The number of carboxylic acid groups (broad SMARTS) is 1. The number of aromatic nitrogens is 1. The summed E-state index contributed by atoms with van der Waals surface area (Å²) in [6.45, 7) is 0.332. The van der Waals surface area contributed by atoms with Crippen LogP contribution in [0.25, 0.3) is 21.9 Å². The van der Waals surface area contributed by atoms with Crippen LogP contribution in [0.2, 0.25) is 0 Å². The average molecular weight is 420 g/mol. The number of hydrogen-bond acceptors (Lipinski definition) is 4. The molecule has 0 unspecified atom stereocenters. The van der Waals surface area contributed by atoms with E-state index < -0.39 is 11.8 Å². The molecular weight excluding hydrogens is 399 g/mol. The Balaban J connectivity index is 1.81. The van der Waals surface area contributed by atoms with Crippen molar-refractivity contribution >= 4 is 16.7 Å². The summed E-state index contributed by atoms with van der Waals surface area (Å²) in [5.41, 5.74) is 1.03. The summed E-state index contributed by atoms with van der Waals surface area (Å²) >= 11 is 0. The van der Waals surface area contributed by atoms with E-state index in [0.717, 1.165) is 12.8 Å². The molecule has 0 spiro atoms. The van der Waals surface area contributed by atoms with Gasteiger partial charge < -0.3 is 9.84 Å². The number of pyridine rings is 1. The van der Waals surface area contributed by atoms with E-state index in [-0.39, 0.29) is 23.7 Å². The number of hydrogen-bond donors (Lipinski definition) is 1. The van der Waals surface area contributed by atoms with Crippen molar-refractivity contribution in [3.63, 3.8) is 0 Å². The molecule has 0 amide bonds. The van der Waals surface area contributed by atoms with Crippen molar-refractivity contribution in [1.82, 2.24) is 4.57 Å². The number of nitrogens with zero attached hydrogens (tertiary/aromatic N) is 2. The number of rotatable bonds is 8. The number of nitriles is 1. The predicted molar refractivity (Wildman–Crippen MR) is 114 cm³/mol. The topological polar surface area (TPSA) is 92.3 Å². The quantitative estimate of drug-likeness (QED) is 0.536. The van der Waals surface area contributed by atoms with Crippen LogP contribution in [0.4, 0.5) is 4.39 Å². The molecule has 4 rings (SSSR count). The van der Waals surface area contributed by atoms with Crippen LogP contribution in [-0.2, 0) is 4.79 Å². The molecule has 1 N–H and O–H groups in total. The fraction of sp³-hybridized carbons (Fsp3) is 0.292. The molecule has 1 heterocycles. The Morgan fingerprint density at radius 1 is 1.19 bits per heavy atom. The number of unbranched alkanes of at least 4 members (excludes halogenated alkanes) is 1. The first kappa shape index (κ1) is 20.6. The number of ether oxygens (including phenoxy) is 1. The van der Waals surface area contributed by atoms with Crippen molar-refractivity contribution in [2.75, 3.05) is 6.61 Å². The fourth-order valence-electron chi connectivity index (χ4n) is 3.78. The van der Waals surface area contributed by atoms with E-state index in [0.29, 0.717) is 47.1 Å². The molecule has 1 aliphatic carbocycles. The van der Waals surface area contributed by atoms with Crippen LogP contribution in [0.5, 0.6) is 5.75 Å². The van der Waals surface area contributed by atoms with Crippen molar-refractivity contribution in [3.8, 4) is 22.9 Å². The lowest BCUT2D eigenvalue weighted by Gasteiger charge is -2.16. The number of carboxylic acids is 1. The summed E-state index contributed by atoms with van der Waals surface area (Å²) in [5.74, 6) is -0.765. The monoisotopic (exact) mass is 420 g/mol. The van der Waals surface area contributed by atoms with Crippen LogP contribution in [0.15, 0.2) is 47.3 Å². The zero-order valence-corrected chi connectivity index (χ0v) is 16.8. The van der Waals surface area contributed by atoms with E-state index in [1.54, 1.807) is 30.3 Å². The van der Waals surface area contributed by atoms with Gasteiger partial charge in [0, 0.05) is 28.8 Å². The van der Waals surface area contributed by atoms with Gasteiger partial charge in [-0.25, -0.2) is 4.39 Å². The first-order chi connectivity index (χ1) is 15.0. The van der Waals surface area contributed by atoms with Gasteiger partial charge in [0.2, 0.25) is 0 Å². The summed E-state index contributed by atoms with van der Waals surface area (Å²) in [5, 5.41) is 19.6. The predicted octanol–water partition coefficient (Wildman–Crippen LogP) is 4.65. The van der Waals surface area contributed by atoms with Gasteiger partial charge >= 0.3 is 5.97 Å². The summed E-state index contributed by atoms with van der Waals surface area (Å²) in [6.07, 6.45) is 2.83. The highest BCUT2D eigenvalue weighted by molar-refractivity contribution is 5.99. The van der Waals surface area contributed by atoms with Gasteiger partial charge in [0.15, 0.2) is 0 Å². The molecule has 1 fully saturated rings. The largest absolute Gasteiger partial charge is 0.494 e. The van der Waals surface area contributed by atoms with Crippen LogP contribution >= 0.6 is 0 Å². The maximum atomic E-state index is 14.0. The van der Waals surface area contributed by atoms with Crippen molar-refractivity contribution in [3.05, 3.63) is 64.3 Å². The lowest BCUT2D eigenvalue weighted by atomic mass is 9.96. The molecule has 0 bridgehead atoms. The SMILES string of the molecule is N#Cc1c(-c2cccc(F)c2)c2cc(OCCCCC(=O)O)ccc2c(=O)n1C1CC1. The third-order valence-electron chi connectivity index (χ3n) is 5.37. The summed E-state index contributed by atoms with van der Waals surface area (Å²) in [4.78, 5) is 23.8. The second-order valence-electron chi connectivity index (χ2n) is 7.66. The van der Waals surface area contributed by atoms with Gasteiger partial charge in [-0.1, -0.05) is 12.1 Å². The van der Waals surface area contributed by atoms with E-state index >= 15 is 0 Å². The molecule has 0 radical (unpaired) electrons. The van der Waals surface area contributed by atoms with Gasteiger partial charge in [0.05, 0.1) is 6.61 Å². The summed E-state index contributed by atoms with van der Waals surface area (Å²) in [7, 11) is 0. The maximum absolute atomic E-state index is 14.0. The first-order valence-electron chi connectivity index (χ1n) is 10.2. The Hall–Kier alpha value is -3.66. The van der Waals surface area contributed by atoms with Crippen LogP contribution in [-0.4, -0.2) is 22.2 Å². The minimum absolute atomic E-state index is 0.0102. The lowest BCUT2D eigenvalue weighted by molar-refractivity contribution is -0.137. The van der Waals surface area contributed by atoms with Gasteiger partial charge in [0.25, 0.3) is 5.56 Å². The number of carbonyl (C=O) groups is 1. The first-order valence-corrected chi connectivity index (χ1v) is 10.2.